The molecule has 0 saturated carbocycles. The highest BCUT2D eigenvalue weighted by Gasteiger charge is 2.22. The number of carbonyl (C=O) groups excluding carboxylic acids is 1. The summed E-state index contributed by atoms with van der Waals surface area (Å²) in [4.78, 5) is 14.7. The van der Waals surface area contributed by atoms with E-state index in [1.807, 2.05) is 37.8 Å². The average Bonchev–Trinajstić information content (AvgIpc) is 2.46. The van der Waals surface area contributed by atoms with Crippen molar-refractivity contribution in [2.75, 3.05) is 26.2 Å². The second-order valence-electron chi connectivity index (χ2n) is 6.57. The fourth-order valence-corrected chi connectivity index (χ4v) is 2.77. The van der Waals surface area contributed by atoms with E-state index >= 15 is 0 Å². The van der Waals surface area contributed by atoms with Crippen LogP contribution in [-0.4, -0.2) is 43.1 Å². The standard InChI is InChI=1S/C18H28N2O2/c1-12(2)15-11-16(14(5)10-17(15)22-13(3)4)18(21)20-8-6-19-7-9-20/h10-13,19H,6-9H2,1-5H3. The lowest BCUT2D eigenvalue weighted by molar-refractivity contribution is 0.0735. The van der Waals surface area contributed by atoms with Crippen molar-refractivity contribution in [1.29, 1.82) is 0 Å². The number of benzene rings is 1. The number of hydrogen-bond donors (Lipinski definition) is 1. The summed E-state index contributed by atoms with van der Waals surface area (Å²) >= 11 is 0. The van der Waals surface area contributed by atoms with Gasteiger partial charge in [0.05, 0.1) is 6.10 Å². The molecule has 2 rings (SSSR count). The molecule has 1 fully saturated rings. The number of piperazine rings is 1. The van der Waals surface area contributed by atoms with E-state index in [0.29, 0.717) is 5.92 Å². The van der Waals surface area contributed by atoms with Gasteiger partial charge in [0.2, 0.25) is 0 Å². The lowest BCUT2D eigenvalue weighted by atomic mass is 9.95. The molecule has 22 heavy (non-hydrogen) atoms. The first-order chi connectivity index (χ1) is 10.4. The van der Waals surface area contributed by atoms with Gasteiger partial charge in [-0.05, 0) is 49.9 Å². The predicted molar refractivity (Wildman–Crippen MR) is 89.8 cm³/mol. The average molecular weight is 304 g/mol. The molecule has 4 nitrogen and oxygen atoms in total. The summed E-state index contributed by atoms with van der Waals surface area (Å²) in [5.74, 6) is 1.36. The van der Waals surface area contributed by atoms with Crippen molar-refractivity contribution in [3.8, 4) is 5.75 Å². The number of amides is 1. The molecule has 1 N–H and O–H groups in total. The summed E-state index contributed by atoms with van der Waals surface area (Å²) < 4.78 is 5.93. The smallest absolute Gasteiger partial charge is 0.254 e. The zero-order valence-electron chi connectivity index (χ0n) is 14.4. The number of ether oxygens (including phenoxy) is 1. The molecule has 1 heterocycles. The zero-order chi connectivity index (χ0) is 16.3. The second kappa shape index (κ2) is 7.14. The minimum atomic E-state index is 0.131. The number of nitrogens with one attached hydrogen (secondary N) is 1. The van der Waals surface area contributed by atoms with E-state index in [1.54, 1.807) is 0 Å². The fourth-order valence-electron chi connectivity index (χ4n) is 2.77. The molecule has 1 aliphatic heterocycles. The molecule has 1 amide bonds. The van der Waals surface area contributed by atoms with Gasteiger partial charge >= 0.3 is 0 Å². The van der Waals surface area contributed by atoms with Crippen LogP contribution in [0.3, 0.4) is 0 Å². The van der Waals surface area contributed by atoms with Crippen molar-refractivity contribution in [2.24, 2.45) is 0 Å². The summed E-state index contributed by atoms with van der Waals surface area (Å²) in [5.41, 5.74) is 2.91. The highest BCUT2D eigenvalue weighted by Crippen LogP contribution is 2.31. The topological polar surface area (TPSA) is 41.6 Å². The Hall–Kier alpha value is -1.55. The highest BCUT2D eigenvalue weighted by molar-refractivity contribution is 5.96. The van der Waals surface area contributed by atoms with Crippen LogP contribution in [0.5, 0.6) is 5.75 Å². The molecule has 0 unspecified atom stereocenters. The van der Waals surface area contributed by atoms with E-state index in [0.717, 1.165) is 48.6 Å². The molecular formula is C18H28N2O2. The maximum absolute atomic E-state index is 12.8. The number of hydrogen-bond acceptors (Lipinski definition) is 3. The van der Waals surface area contributed by atoms with Gasteiger partial charge in [-0.15, -0.1) is 0 Å². The minimum Gasteiger partial charge on any atom is -0.491 e. The summed E-state index contributed by atoms with van der Waals surface area (Å²) in [6.45, 7) is 13.6. The first kappa shape index (κ1) is 16.8. The largest absolute Gasteiger partial charge is 0.491 e. The first-order valence-electron chi connectivity index (χ1n) is 8.21. The molecule has 0 aromatic heterocycles. The van der Waals surface area contributed by atoms with Crippen LogP contribution in [-0.2, 0) is 0 Å². The van der Waals surface area contributed by atoms with Crippen molar-refractivity contribution in [3.63, 3.8) is 0 Å². The number of aryl methyl sites for hydroxylation is 1. The number of nitrogens with zero attached hydrogens (tertiary/aromatic N) is 1. The lowest BCUT2D eigenvalue weighted by Gasteiger charge is -2.28. The molecule has 1 aromatic carbocycles. The van der Waals surface area contributed by atoms with Gasteiger partial charge in [-0.1, -0.05) is 13.8 Å². The van der Waals surface area contributed by atoms with Gasteiger partial charge in [0, 0.05) is 31.7 Å². The van der Waals surface area contributed by atoms with Gasteiger partial charge in [0.1, 0.15) is 5.75 Å². The quantitative estimate of drug-likeness (QED) is 0.930. The summed E-state index contributed by atoms with van der Waals surface area (Å²) in [7, 11) is 0. The Balaban J connectivity index is 2.35. The maximum Gasteiger partial charge on any atom is 0.254 e. The van der Waals surface area contributed by atoms with Crippen LogP contribution in [0.4, 0.5) is 0 Å². The van der Waals surface area contributed by atoms with Crippen LogP contribution in [0.1, 0.15) is 55.1 Å². The molecule has 0 radical (unpaired) electrons. The van der Waals surface area contributed by atoms with Crippen molar-refractivity contribution in [3.05, 3.63) is 28.8 Å². The zero-order valence-corrected chi connectivity index (χ0v) is 14.4. The normalized spacial score (nSPS) is 15.5. The SMILES string of the molecule is Cc1cc(OC(C)C)c(C(C)C)cc1C(=O)N1CCNCC1. The number of carbonyl (C=O) groups is 1. The molecule has 1 aliphatic rings. The van der Waals surface area contributed by atoms with Gasteiger partial charge in [0.25, 0.3) is 5.91 Å². The Morgan fingerprint density at radius 3 is 2.36 bits per heavy atom. The van der Waals surface area contributed by atoms with Gasteiger partial charge in [-0.3, -0.25) is 4.79 Å². The molecule has 1 saturated heterocycles. The third kappa shape index (κ3) is 3.80. The van der Waals surface area contributed by atoms with E-state index in [2.05, 4.69) is 19.2 Å². The van der Waals surface area contributed by atoms with Crippen LogP contribution in [0.2, 0.25) is 0 Å². The first-order valence-corrected chi connectivity index (χ1v) is 8.21. The van der Waals surface area contributed by atoms with Crippen LogP contribution in [0, 0.1) is 6.92 Å². The van der Waals surface area contributed by atoms with E-state index in [9.17, 15) is 4.79 Å². The predicted octanol–water partition coefficient (Wildman–Crippen LogP) is 2.95. The Kier molecular flexibility index (Phi) is 5.46. The van der Waals surface area contributed by atoms with Gasteiger partial charge in [-0.25, -0.2) is 0 Å². The Bertz CT molecular complexity index is 532. The molecule has 0 bridgehead atoms. The lowest BCUT2D eigenvalue weighted by Crippen LogP contribution is -2.46. The molecule has 1 aromatic rings. The van der Waals surface area contributed by atoms with Crippen LogP contribution < -0.4 is 10.1 Å². The minimum absolute atomic E-state index is 0.131. The van der Waals surface area contributed by atoms with Gasteiger partial charge < -0.3 is 15.0 Å². The van der Waals surface area contributed by atoms with Crippen molar-refractivity contribution in [2.45, 2.75) is 46.6 Å². The molecular weight excluding hydrogens is 276 g/mol. The highest BCUT2D eigenvalue weighted by atomic mass is 16.5. The van der Waals surface area contributed by atoms with Crippen molar-refractivity contribution in [1.82, 2.24) is 10.2 Å². The van der Waals surface area contributed by atoms with E-state index in [1.165, 1.54) is 0 Å². The molecule has 122 valence electrons. The Morgan fingerprint density at radius 1 is 1.18 bits per heavy atom. The van der Waals surface area contributed by atoms with Crippen LogP contribution in [0.15, 0.2) is 12.1 Å². The van der Waals surface area contributed by atoms with Crippen LogP contribution in [0.25, 0.3) is 0 Å². The third-order valence-electron chi connectivity index (χ3n) is 3.98. The summed E-state index contributed by atoms with van der Waals surface area (Å²) in [5, 5.41) is 3.28. The molecule has 0 spiro atoms. The van der Waals surface area contributed by atoms with Gasteiger partial charge in [0.15, 0.2) is 0 Å². The van der Waals surface area contributed by atoms with Crippen molar-refractivity contribution >= 4 is 5.91 Å². The summed E-state index contributed by atoms with van der Waals surface area (Å²) in [6, 6.07) is 4.05. The van der Waals surface area contributed by atoms with Crippen molar-refractivity contribution < 1.29 is 9.53 Å². The Labute approximate surface area is 133 Å². The third-order valence-corrected chi connectivity index (χ3v) is 3.98. The van der Waals surface area contributed by atoms with Crippen LogP contribution >= 0.6 is 0 Å². The molecule has 0 aliphatic carbocycles. The molecule has 4 heteroatoms. The Morgan fingerprint density at radius 2 is 1.82 bits per heavy atom. The number of rotatable bonds is 4. The van der Waals surface area contributed by atoms with E-state index in [4.69, 9.17) is 4.74 Å². The maximum atomic E-state index is 12.8. The molecule has 0 atom stereocenters. The fraction of sp³-hybridized carbons (Fsp3) is 0.611. The van der Waals surface area contributed by atoms with E-state index in [-0.39, 0.29) is 12.0 Å². The monoisotopic (exact) mass is 304 g/mol. The van der Waals surface area contributed by atoms with E-state index < -0.39 is 0 Å². The second-order valence-corrected chi connectivity index (χ2v) is 6.57. The van der Waals surface area contributed by atoms with Gasteiger partial charge in [-0.2, -0.15) is 0 Å². The summed E-state index contributed by atoms with van der Waals surface area (Å²) in [6.07, 6.45) is 0.131.